The van der Waals surface area contributed by atoms with Crippen LogP contribution >= 0.6 is 0 Å². The van der Waals surface area contributed by atoms with E-state index < -0.39 is 10.1 Å². The van der Waals surface area contributed by atoms with E-state index in [0.29, 0.717) is 16.1 Å². The highest BCUT2D eigenvalue weighted by Gasteiger charge is 2.10. The Hall–Kier alpha value is -1.33. The summed E-state index contributed by atoms with van der Waals surface area (Å²) in [5.74, 6) is 0. The number of anilines is 1. The smallest absolute Gasteiger partial charge is 0.294 e. The molecule has 0 aromatic heterocycles. The van der Waals surface area contributed by atoms with Crippen LogP contribution in [0, 0.1) is 0 Å². The van der Waals surface area contributed by atoms with E-state index in [-0.39, 0.29) is 4.90 Å². The highest BCUT2D eigenvalue weighted by Crippen LogP contribution is 2.07. The molecule has 1 rings (SSSR count). The molecule has 5 heteroatoms. The number of nitrogens with one attached hydrogen (secondary N) is 1. The van der Waals surface area contributed by atoms with E-state index in [1.54, 1.807) is 7.05 Å². The van der Waals surface area contributed by atoms with Crippen molar-refractivity contribution in [3.63, 3.8) is 0 Å². The second-order valence-electron chi connectivity index (χ2n) is 2.83. The lowest BCUT2D eigenvalue weighted by Crippen LogP contribution is -2.26. The minimum atomic E-state index is -4.18. The summed E-state index contributed by atoms with van der Waals surface area (Å²) in [6, 6.07) is 2.59. The maximum Gasteiger partial charge on any atom is 0.294 e. The maximum atomic E-state index is 10.8. The summed E-state index contributed by atoms with van der Waals surface area (Å²) in [6.07, 6.45) is 0. The van der Waals surface area contributed by atoms with Gasteiger partial charge in [0.15, 0.2) is 0 Å². The van der Waals surface area contributed by atoms with Gasteiger partial charge in [-0.1, -0.05) is 13.2 Å². The predicted molar refractivity (Wildman–Crippen MR) is 56.1 cm³/mol. The van der Waals surface area contributed by atoms with Gasteiger partial charge < -0.3 is 5.32 Å². The van der Waals surface area contributed by atoms with Crippen molar-refractivity contribution < 1.29 is 13.0 Å². The number of hydrogen-bond acceptors (Lipinski definition) is 3. The van der Waals surface area contributed by atoms with E-state index in [1.165, 1.54) is 12.1 Å². The van der Waals surface area contributed by atoms with Crippen LogP contribution in [0.2, 0.25) is 0 Å². The lowest BCUT2D eigenvalue weighted by Gasteiger charge is -2.03. The van der Waals surface area contributed by atoms with Gasteiger partial charge in [-0.15, -0.1) is 0 Å². The van der Waals surface area contributed by atoms with Crippen LogP contribution in [-0.4, -0.2) is 20.0 Å². The van der Waals surface area contributed by atoms with Crippen LogP contribution in [0.3, 0.4) is 0 Å². The highest BCUT2D eigenvalue weighted by molar-refractivity contribution is 7.85. The molecular weight excluding hydrogens is 202 g/mol. The summed E-state index contributed by atoms with van der Waals surface area (Å²) in [5.41, 5.74) is 0.533. The van der Waals surface area contributed by atoms with Crippen LogP contribution in [0.15, 0.2) is 17.0 Å². The van der Waals surface area contributed by atoms with E-state index in [0.717, 1.165) is 0 Å². The monoisotopic (exact) mass is 213 g/mol. The molecule has 0 radical (unpaired) electrons. The molecular formula is C9H11NO3S. The molecule has 1 aromatic carbocycles. The Morgan fingerprint density at radius 1 is 1.36 bits per heavy atom. The molecule has 0 aliphatic carbocycles. The molecule has 0 bridgehead atoms. The van der Waals surface area contributed by atoms with Gasteiger partial charge in [-0.25, -0.2) is 0 Å². The van der Waals surface area contributed by atoms with Crippen molar-refractivity contribution in [3.05, 3.63) is 22.6 Å². The van der Waals surface area contributed by atoms with Gasteiger partial charge in [0.05, 0.1) is 4.90 Å². The molecule has 0 spiro atoms. The largest absolute Gasteiger partial charge is 0.388 e. The van der Waals surface area contributed by atoms with Gasteiger partial charge in [-0.05, 0) is 22.6 Å². The lowest BCUT2D eigenvalue weighted by atomic mass is 10.2. The quantitative estimate of drug-likeness (QED) is 0.667. The molecule has 0 aliphatic heterocycles. The summed E-state index contributed by atoms with van der Waals surface area (Å²) in [7, 11) is -2.55. The van der Waals surface area contributed by atoms with Crippen LogP contribution < -0.4 is 15.8 Å². The summed E-state index contributed by atoms with van der Waals surface area (Å²) in [5, 5.41) is 3.84. The van der Waals surface area contributed by atoms with Crippen LogP contribution in [0.25, 0.3) is 13.2 Å². The van der Waals surface area contributed by atoms with Crippen LogP contribution in [0.1, 0.15) is 0 Å². The summed E-state index contributed by atoms with van der Waals surface area (Å²) < 4.78 is 30.5. The highest BCUT2D eigenvalue weighted by atomic mass is 32.2. The van der Waals surface area contributed by atoms with E-state index in [4.69, 9.17) is 4.55 Å². The number of benzene rings is 1. The Labute approximate surface area is 82.3 Å². The van der Waals surface area contributed by atoms with Gasteiger partial charge in [-0.3, -0.25) is 4.55 Å². The van der Waals surface area contributed by atoms with Crippen molar-refractivity contribution in [2.75, 3.05) is 12.4 Å². The van der Waals surface area contributed by atoms with Crippen molar-refractivity contribution in [1.29, 1.82) is 0 Å². The van der Waals surface area contributed by atoms with Crippen LogP contribution in [0.5, 0.6) is 0 Å². The molecule has 2 N–H and O–H groups in total. The Bertz CT molecular complexity index is 548. The fourth-order valence-electron chi connectivity index (χ4n) is 1.07. The van der Waals surface area contributed by atoms with Crippen LogP contribution in [-0.2, 0) is 10.1 Å². The van der Waals surface area contributed by atoms with Gasteiger partial charge in [0.2, 0.25) is 0 Å². The van der Waals surface area contributed by atoms with Crippen molar-refractivity contribution >= 4 is 29.0 Å². The molecule has 0 fully saturated rings. The van der Waals surface area contributed by atoms with Gasteiger partial charge in [-0.2, -0.15) is 8.42 Å². The zero-order chi connectivity index (χ0) is 10.9. The molecule has 1 aromatic rings. The molecule has 0 atom stereocenters. The topological polar surface area (TPSA) is 66.4 Å². The first kappa shape index (κ1) is 10.7. The molecule has 0 unspecified atom stereocenters. The third-order valence-electron chi connectivity index (χ3n) is 1.88. The van der Waals surface area contributed by atoms with Gasteiger partial charge in [0, 0.05) is 12.7 Å². The second-order valence-corrected chi connectivity index (χ2v) is 4.26. The van der Waals surface area contributed by atoms with Crippen molar-refractivity contribution in [3.8, 4) is 0 Å². The normalized spacial score (nSPS) is 11.3. The molecule has 0 aliphatic rings. The van der Waals surface area contributed by atoms with Crippen molar-refractivity contribution in [2.24, 2.45) is 0 Å². The molecule has 14 heavy (non-hydrogen) atoms. The van der Waals surface area contributed by atoms with Gasteiger partial charge in [0.1, 0.15) is 0 Å². The number of hydrogen-bond donors (Lipinski definition) is 2. The fourth-order valence-corrected chi connectivity index (χ4v) is 1.63. The molecule has 0 amide bonds. The standard InChI is InChI=1S/C9H11NO3S/c1-6-4-8(14(11,12)13)5-9(10-3)7(6)2/h4-5,10H,1-2H2,3H3,(H,11,12,13). The number of rotatable bonds is 2. The van der Waals surface area contributed by atoms with Crippen LogP contribution in [0.4, 0.5) is 5.69 Å². The Morgan fingerprint density at radius 3 is 2.36 bits per heavy atom. The predicted octanol–water partition coefficient (Wildman–Crippen LogP) is -0.204. The first-order valence-corrected chi connectivity index (χ1v) is 5.27. The Balaban J connectivity index is 3.63. The SMILES string of the molecule is C=c1cc(S(=O)(=O)O)cc(NC)c1=C. The van der Waals surface area contributed by atoms with Gasteiger partial charge in [0.25, 0.3) is 10.1 Å². The van der Waals surface area contributed by atoms with E-state index >= 15 is 0 Å². The lowest BCUT2D eigenvalue weighted by molar-refractivity contribution is 0.483. The average Bonchev–Trinajstić information content (AvgIpc) is 2.07. The van der Waals surface area contributed by atoms with E-state index in [9.17, 15) is 8.42 Å². The minimum Gasteiger partial charge on any atom is -0.388 e. The summed E-state index contributed by atoms with van der Waals surface area (Å²) in [4.78, 5) is -0.181. The third-order valence-corrected chi connectivity index (χ3v) is 2.71. The molecule has 0 saturated carbocycles. The van der Waals surface area contributed by atoms with Crippen molar-refractivity contribution in [1.82, 2.24) is 0 Å². The van der Waals surface area contributed by atoms with Gasteiger partial charge >= 0.3 is 0 Å². The summed E-state index contributed by atoms with van der Waals surface area (Å²) in [6.45, 7) is 7.34. The Kier molecular flexibility index (Phi) is 2.64. The van der Waals surface area contributed by atoms with Crippen molar-refractivity contribution in [2.45, 2.75) is 4.90 Å². The zero-order valence-electron chi connectivity index (χ0n) is 7.74. The molecule has 0 heterocycles. The zero-order valence-corrected chi connectivity index (χ0v) is 8.56. The molecule has 76 valence electrons. The minimum absolute atomic E-state index is 0.181. The maximum absolute atomic E-state index is 10.8. The first-order valence-electron chi connectivity index (χ1n) is 3.83. The average molecular weight is 213 g/mol. The third kappa shape index (κ3) is 1.94. The first-order chi connectivity index (χ1) is 6.36. The Morgan fingerprint density at radius 2 is 1.93 bits per heavy atom. The molecule has 0 saturated heterocycles. The molecule has 4 nitrogen and oxygen atoms in total. The summed E-state index contributed by atoms with van der Waals surface area (Å²) >= 11 is 0. The second kappa shape index (κ2) is 3.43. The van der Waals surface area contributed by atoms with E-state index in [2.05, 4.69) is 18.5 Å². The fraction of sp³-hybridized carbons (Fsp3) is 0.111. The van der Waals surface area contributed by atoms with E-state index in [1.807, 2.05) is 0 Å².